The Balaban J connectivity index is 1.96. The molecule has 0 fully saturated rings. The van der Waals surface area contributed by atoms with Crippen LogP contribution in [0.1, 0.15) is 0 Å². The summed E-state index contributed by atoms with van der Waals surface area (Å²) in [6.45, 7) is 0. The molecule has 6 aromatic rings. The lowest BCUT2D eigenvalue weighted by Crippen LogP contribution is -2.01. The normalized spacial score (nSPS) is 11.6. The Labute approximate surface area is 172 Å². The third-order valence-corrected chi connectivity index (χ3v) is 5.07. The Morgan fingerprint density at radius 2 is 0.656 bits per heavy atom. The zero-order valence-corrected chi connectivity index (χ0v) is 15.7. The highest BCUT2D eigenvalue weighted by Crippen LogP contribution is 2.38. The molecule has 10 nitrogen and oxygen atoms in total. The fourth-order valence-corrected chi connectivity index (χ4v) is 3.86. The number of hydrogen-bond donors (Lipinski definition) is 0. The van der Waals surface area contributed by atoms with Crippen molar-refractivity contribution in [2.45, 2.75) is 0 Å². The molecule has 156 valence electrons. The van der Waals surface area contributed by atoms with E-state index >= 15 is 0 Å². The van der Waals surface area contributed by atoms with E-state index in [2.05, 4.69) is 8.83 Å². The first-order valence-corrected chi connectivity index (χ1v) is 9.15. The molecule has 0 atom stereocenters. The first-order chi connectivity index (χ1) is 15.5. The SMILES string of the molecule is O=c1oc(=O)oc2cc3c(cc2o1)c1ccccc1c1cc2oc(=O)oc(=O)oc2cc13. The Morgan fingerprint density at radius 3 is 0.969 bits per heavy atom. The molecule has 10 heteroatoms. The first kappa shape index (κ1) is 18.0. The molecule has 0 bridgehead atoms. The predicted octanol–water partition coefficient (Wildman–Crippen LogP) is 3.58. The van der Waals surface area contributed by atoms with Crippen LogP contribution in [0.2, 0.25) is 0 Å². The van der Waals surface area contributed by atoms with Crippen LogP contribution in [0.5, 0.6) is 0 Å². The predicted molar refractivity (Wildman–Crippen MR) is 110 cm³/mol. The van der Waals surface area contributed by atoms with Crippen molar-refractivity contribution in [2.24, 2.45) is 0 Å². The van der Waals surface area contributed by atoms with E-state index in [0.717, 1.165) is 10.8 Å². The lowest BCUT2D eigenvalue weighted by Gasteiger charge is -2.10. The molecule has 0 aliphatic heterocycles. The third-order valence-electron chi connectivity index (χ3n) is 5.07. The van der Waals surface area contributed by atoms with Crippen LogP contribution in [0.25, 0.3) is 54.6 Å². The quantitative estimate of drug-likeness (QED) is 0.326. The van der Waals surface area contributed by atoms with Gasteiger partial charge in [0.1, 0.15) is 0 Å². The van der Waals surface area contributed by atoms with E-state index in [1.54, 1.807) is 12.1 Å². The van der Waals surface area contributed by atoms with Crippen molar-refractivity contribution in [1.29, 1.82) is 0 Å². The summed E-state index contributed by atoms with van der Waals surface area (Å²) in [5.41, 5.74) is -0.0685. The van der Waals surface area contributed by atoms with Crippen molar-refractivity contribution in [3.05, 3.63) is 91.0 Å². The van der Waals surface area contributed by atoms with Crippen molar-refractivity contribution in [2.75, 3.05) is 0 Å². The molecule has 32 heavy (non-hydrogen) atoms. The minimum Gasteiger partial charge on any atom is -0.391 e. The van der Waals surface area contributed by atoms with E-state index in [4.69, 9.17) is 17.7 Å². The first-order valence-electron chi connectivity index (χ1n) is 9.15. The molecule has 0 saturated heterocycles. The summed E-state index contributed by atoms with van der Waals surface area (Å²) < 4.78 is 29.0. The van der Waals surface area contributed by atoms with Crippen LogP contribution >= 0.6 is 0 Å². The summed E-state index contributed by atoms with van der Waals surface area (Å²) in [5.74, 6) is -4.88. The number of fused-ring (bicyclic) bond motifs is 8. The highest BCUT2D eigenvalue weighted by atomic mass is 16.6. The monoisotopic (exact) mass is 432 g/mol. The fourth-order valence-electron chi connectivity index (χ4n) is 3.86. The van der Waals surface area contributed by atoms with Gasteiger partial charge >= 0.3 is 23.3 Å². The van der Waals surface area contributed by atoms with Gasteiger partial charge < -0.3 is 26.5 Å². The lowest BCUT2D eigenvalue weighted by atomic mass is 9.94. The van der Waals surface area contributed by atoms with Crippen molar-refractivity contribution in [3.63, 3.8) is 0 Å². The Morgan fingerprint density at radius 1 is 0.375 bits per heavy atom. The van der Waals surface area contributed by atoms with Gasteiger partial charge in [-0.05, 0) is 56.6 Å². The molecule has 0 N–H and O–H groups in total. The zero-order valence-electron chi connectivity index (χ0n) is 15.7. The Kier molecular flexibility index (Phi) is 3.54. The van der Waals surface area contributed by atoms with Gasteiger partial charge in [-0.3, -0.25) is 0 Å². The molecule has 4 aromatic carbocycles. The highest BCUT2D eigenvalue weighted by molar-refractivity contribution is 6.27. The molecule has 0 aliphatic carbocycles. The Hall–Kier alpha value is -4.86. The van der Waals surface area contributed by atoms with E-state index in [9.17, 15) is 19.2 Å². The summed E-state index contributed by atoms with van der Waals surface area (Å²) in [4.78, 5) is 46.7. The van der Waals surface area contributed by atoms with E-state index in [0.29, 0.717) is 21.5 Å². The molecular formula is C22H8O10. The van der Waals surface area contributed by atoms with Gasteiger partial charge in [0.05, 0.1) is 0 Å². The van der Waals surface area contributed by atoms with Crippen LogP contribution < -0.4 is 23.3 Å². The standard InChI is InChI=1S/C22H8O10/c23-19-27-15-5-11-9-3-1-2-4-10(9)12-6-16-18(30-22(26)32-20(24)28-16)8-14(12)13(11)7-17(15)29-21(25)31-19/h1-8H. The molecule has 6 rings (SSSR count). The third kappa shape index (κ3) is 2.67. The van der Waals surface area contributed by atoms with Crippen LogP contribution in [0.3, 0.4) is 0 Å². The van der Waals surface area contributed by atoms with Crippen LogP contribution in [0.4, 0.5) is 0 Å². The van der Waals surface area contributed by atoms with Gasteiger partial charge in [0.15, 0.2) is 22.3 Å². The molecule has 2 aromatic heterocycles. The zero-order chi connectivity index (χ0) is 22.0. The number of hydrogen-bond acceptors (Lipinski definition) is 10. The van der Waals surface area contributed by atoms with Crippen molar-refractivity contribution in [1.82, 2.24) is 0 Å². The summed E-state index contributed by atoms with van der Waals surface area (Å²) in [5, 5.41) is 4.03. The van der Waals surface area contributed by atoms with E-state index < -0.39 is 23.3 Å². The van der Waals surface area contributed by atoms with E-state index in [1.807, 2.05) is 24.3 Å². The maximum absolute atomic E-state index is 11.7. The van der Waals surface area contributed by atoms with Gasteiger partial charge in [0.2, 0.25) is 0 Å². The maximum Gasteiger partial charge on any atom is 0.524 e. The summed E-state index contributed by atoms with van der Waals surface area (Å²) in [6.07, 6.45) is 0. The fraction of sp³-hybridized carbons (Fsp3) is 0. The lowest BCUT2D eigenvalue weighted by molar-refractivity contribution is 0.280. The molecule has 0 saturated carbocycles. The van der Waals surface area contributed by atoms with Gasteiger partial charge in [-0.1, -0.05) is 24.3 Å². The second-order valence-electron chi connectivity index (χ2n) is 6.85. The highest BCUT2D eigenvalue weighted by Gasteiger charge is 2.14. The maximum atomic E-state index is 11.7. The smallest absolute Gasteiger partial charge is 0.391 e. The minimum atomic E-state index is -1.23. The molecule has 0 radical (unpaired) electrons. The molecule has 0 amide bonds. The van der Waals surface area contributed by atoms with Crippen molar-refractivity contribution >= 4 is 54.6 Å². The van der Waals surface area contributed by atoms with Gasteiger partial charge in [0.25, 0.3) is 0 Å². The largest absolute Gasteiger partial charge is 0.524 e. The van der Waals surface area contributed by atoms with Crippen LogP contribution in [-0.2, 0) is 0 Å². The van der Waals surface area contributed by atoms with E-state index in [1.165, 1.54) is 12.1 Å². The van der Waals surface area contributed by atoms with E-state index in [-0.39, 0.29) is 22.3 Å². The molecular weight excluding hydrogens is 424 g/mol. The summed E-state index contributed by atoms with van der Waals surface area (Å²) in [6, 6.07) is 13.5. The van der Waals surface area contributed by atoms with Crippen LogP contribution in [-0.4, -0.2) is 0 Å². The van der Waals surface area contributed by atoms with Crippen LogP contribution in [0.15, 0.2) is 94.2 Å². The molecule has 0 unspecified atom stereocenters. The van der Waals surface area contributed by atoms with Gasteiger partial charge in [0, 0.05) is 0 Å². The molecule has 0 spiro atoms. The molecule has 0 aliphatic rings. The average molecular weight is 432 g/mol. The topological polar surface area (TPSA) is 147 Å². The van der Waals surface area contributed by atoms with Gasteiger partial charge in [-0.15, -0.1) is 0 Å². The van der Waals surface area contributed by atoms with Crippen LogP contribution in [0, 0.1) is 0 Å². The van der Waals surface area contributed by atoms with Gasteiger partial charge in [-0.25, -0.2) is 19.2 Å². The minimum absolute atomic E-state index is 0.00127. The summed E-state index contributed by atoms with van der Waals surface area (Å²) in [7, 11) is 0. The Bertz CT molecular complexity index is 1880. The number of benzene rings is 4. The van der Waals surface area contributed by atoms with Crippen molar-refractivity contribution < 1.29 is 26.5 Å². The second-order valence-corrected chi connectivity index (χ2v) is 6.85. The van der Waals surface area contributed by atoms with Crippen molar-refractivity contribution in [3.8, 4) is 0 Å². The van der Waals surface area contributed by atoms with Gasteiger partial charge in [-0.2, -0.15) is 0 Å². The molecule has 2 heterocycles. The number of rotatable bonds is 0. The average Bonchev–Trinajstić information content (AvgIpc) is 2.98. The second kappa shape index (κ2) is 6.32. The summed E-state index contributed by atoms with van der Waals surface area (Å²) >= 11 is 0.